The standard InChI is InChI=1S/C28H16N2O4/c29-14-21-22(11-7-16-5-9-18(31)10-6-16)30-27-19-3-1-2-4-20(19)28(32)26(27)25(21)17-8-12-23-24(13-17)34-15-33-23/h1-13,31H,15H2. The number of nitriles is 1. The van der Waals surface area contributed by atoms with Crippen LogP contribution in [0.1, 0.15) is 32.7 Å². The predicted molar refractivity (Wildman–Crippen MR) is 126 cm³/mol. The Morgan fingerprint density at radius 2 is 1.68 bits per heavy atom. The number of hydrogen-bond acceptors (Lipinski definition) is 6. The average molecular weight is 444 g/mol. The van der Waals surface area contributed by atoms with Gasteiger partial charge in [-0.1, -0.05) is 48.5 Å². The SMILES string of the molecule is N#Cc1c(C=Cc2ccc(O)cc2)nc2c(c1-c1ccc3c(c1)OCO3)C(=O)c1ccccc1-2. The van der Waals surface area contributed by atoms with Gasteiger partial charge in [0.05, 0.1) is 22.5 Å². The molecule has 2 heterocycles. The van der Waals surface area contributed by atoms with E-state index in [9.17, 15) is 15.2 Å². The predicted octanol–water partition coefficient (Wildman–Crippen LogP) is 5.44. The molecule has 4 aromatic rings. The maximum atomic E-state index is 13.5. The van der Waals surface area contributed by atoms with E-state index >= 15 is 0 Å². The van der Waals surface area contributed by atoms with Crippen molar-refractivity contribution in [2.24, 2.45) is 0 Å². The Hall–Kier alpha value is -4.89. The molecule has 0 amide bonds. The molecule has 1 aromatic heterocycles. The molecule has 3 aromatic carbocycles. The van der Waals surface area contributed by atoms with Crippen molar-refractivity contribution in [2.75, 3.05) is 6.79 Å². The molecule has 1 aliphatic heterocycles. The van der Waals surface area contributed by atoms with Gasteiger partial charge >= 0.3 is 0 Å². The lowest BCUT2D eigenvalue weighted by molar-refractivity contribution is 0.104. The minimum Gasteiger partial charge on any atom is -0.508 e. The topological polar surface area (TPSA) is 92.4 Å². The normalized spacial score (nSPS) is 13.1. The molecule has 0 saturated heterocycles. The van der Waals surface area contributed by atoms with E-state index in [1.165, 1.54) is 0 Å². The fourth-order valence-electron chi connectivity index (χ4n) is 4.38. The van der Waals surface area contributed by atoms with Crippen LogP contribution in [0.15, 0.2) is 66.7 Å². The highest BCUT2D eigenvalue weighted by Gasteiger charge is 2.34. The number of carbonyl (C=O) groups is 1. The van der Waals surface area contributed by atoms with Gasteiger partial charge in [-0.15, -0.1) is 0 Å². The van der Waals surface area contributed by atoms with Crippen molar-refractivity contribution in [3.8, 4) is 45.7 Å². The Balaban J connectivity index is 1.61. The van der Waals surface area contributed by atoms with Gasteiger partial charge < -0.3 is 14.6 Å². The largest absolute Gasteiger partial charge is 0.508 e. The molecule has 6 rings (SSSR count). The molecule has 0 spiro atoms. The van der Waals surface area contributed by atoms with Crippen LogP contribution in [0.4, 0.5) is 0 Å². The van der Waals surface area contributed by atoms with E-state index in [0.29, 0.717) is 50.7 Å². The van der Waals surface area contributed by atoms with Crippen LogP contribution in [0.2, 0.25) is 0 Å². The molecule has 0 bridgehead atoms. The Labute approximate surface area is 195 Å². The number of ether oxygens (including phenoxy) is 2. The molecule has 2 aliphatic rings. The number of aromatic hydroxyl groups is 1. The Bertz CT molecular complexity index is 1560. The lowest BCUT2D eigenvalue weighted by atomic mass is 9.91. The summed E-state index contributed by atoms with van der Waals surface area (Å²) in [7, 11) is 0. The molecule has 34 heavy (non-hydrogen) atoms. The zero-order chi connectivity index (χ0) is 23.2. The van der Waals surface area contributed by atoms with Crippen LogP contribution in [-0.2, 0) is 0 Å². The summed E-state index contributed by atoms with van der Waals surface area (Å²) in [6.45, 7) is 0.128. The Morgan fingerprint density at radius 1 is 0.912 bits per heavy atom. The second-order valence-electron chi connectivity index (χ2n) is 7.95. The Morgan fingerprint density at radius 3 is 2.47 bits per heavy atom. The second-order valence-corrected chi connectivity index (χ2v) is 7.95. The summed E-state index contributed by atoms with van der Waals surface area (Å²) in [5.74, 6) is 1.20. The Kier molecular flexibility index (Phi) is 4.42. The maximum absolute atomic E-state index is 13.5. The molecule has 0 unspecified atom stereocenters. The highest BCUT2D eigenvalue weighted by molar-refractivity contribution is 6.24. The highest BCUT2D eigenvalue weighted by Crippen LogP contribution is 2.45. The number of hydrogen-bond donors (Lipinski definition) is 1. The number of phenols is 1. The summed E-state index contributed by atoms with van der Waals surface area (Å²) in [5, 5.41) is 19.7. The van der Waals surface area contributed by atoms with E-state index in [1.807, 2.05) is 30.3 Å². The van der Waals surface area contributed by atoms with Crippen LogP contribution < -0.4 is 9.47 Å². The highest BCUT2D eigenvalue weighted by atomic mass is 16.7. The first-order valence-electron chi connectivity index (χ1n) is 10.6. The number of pyridine rings is 1. The minimum atomic E-state index is -0.156. The van der Waals surface area contributed by atoms with Crippen LogP contribution in [0, 0.1) is 11.3 Å². The maximum Gasteiger partial charge on any atom is 0.231 e. The smallest absolute Gasteiger partial charge is 0.231 e. The van der Waals surface area contributed by atoms with E-state index in [0.717, 1.165) is 11.1 Å². The summed E-state index contributed by atoms with van der Waals surface area (Å²) in [5.41, 5.74) is 5.07. The fraction of sp³-hybridized carbons (Fsp3) is 0.0357. The van der Waals surface area contributed by atoms with Gasteiger partial charge in [0.2, 0.25) is 6.79 Å². The molecule has 1 N–H and O–H groups in total. The van der Waals surface area contributed by atoms with Crippen molar-refractivity contribution in [3.63, 3.8) is 0 Å². The molecule has 162 valence electrons. The van der Waals surface area contributed by atoms with Crippen molar-refractivity contribution >= 4 is 17.9 Å². The summed E-state index contributed by atoms with van der Waals surface area (Å²) in [6.07, 6.45) is 3.58. The van der Waals surface area contributed by atoms with E-state index in [2.05, 4.69) is 6.07 Å². The molecule has 0 fully saturated rings. The van der Waals surface area contributed by atoms with Crippen LogP contribution in [-0.4, -0.2) is 22.7 Å². The first-order valence-corrected chi connectivity index (χ1v) is 10.6. The minimum absolute atomic E-state index is 0.128. The van der Waals surface area contributed by atoms with Crippen LogP contribution in [0.5, 0.6) is 17.2 Å². The monoisotopic (exact) mass is 444 g/mol. The molecule has 0 saturated carbocycles. The average Bonchev–Trinajstić information content (AvgIpc) is 3.45. The molecular weight excluding hydrogens is 428 g/mol. The number of phenolic OH excluding ortho intramolecular Hbond substituents is 1. The third-order valence-corrected chi connectivity index (χ3v) is 5.98. The molecule has 0 atom stereocenters. The number of fused-ring (bicyclic) bond motifs is 4. The zero-order valence-corrected chi connectivity index (χ0v) is 17.8. The number of carbonyl (C=O) groups excluding carboxylic acids is 1. The molecule has 6 heteroatoms. The van der Waals surface area contributed by atoms with Gasteiger partial charge in [-0.05, 0) is 41.5 Å². The van der Waals surface area contributed by atoms with Crippen molar-refractivity contribution in [1.29, 1.82) is 5.26 Å². The number of aromatic nitrogens is 1. The number of rotatable bonds is 3. The van der Waals surface area contributed by atoms with Gasteiger partial charge in [0.1, 0.15) is 11.8 Å². The molecule has 6 nitrogen and oxygen atoms in total. The van der Waals surface area contributed by atoms with Crippen LogP contribution >= 0.6 is 0 Å². The van der Waals surface area contributed by atoms with Gasteiger partial charge in [-0.25, -0.2) is 4.98 Å². The number of benzene rings is 3. The van der Waals surface area contributed by atoms with Gasteiger partial charge in [0.25, 0.3) is 0 Å². The first kappa shape index (κ1) is 19.8. The molecule has 0 radical (unpaired) electrons. The number of ketones is 1. The molecular formula is C28H16N2O4. The van der Waals surface area contributed by atoms with E-state index in [-0.39, 0.29) is 18.3 Å². The lowest BCUT2D eigenvalue weighted by Gasteiger charge is -2.13. The molecule has 1 aliphatic carbocycles. The fourth-order valence-corrected chi connectivity index (χ4v) is 4.38. The summed E-state index contributed by atoms with van der Waals surface area (Å²) in [6, 6.07) is 21.7. The first-order chi connectivity index (χ1) is 16.6. The van der Waals surface area contributed by atoms with E-state index < -0.39 is 0 Å². The third kappa shape index (κ3) is 3.03. The zero-order valence-electron chi connectivity index (χ0n) is 17.8. The summed E-state index contributed by atoms with van der Waals surface area (Å²) >= 11 is 0. The van der Waals surface area contributed by atoms with Crippen molar-refractivity contribution < 1.29 is 19.4 Å². The lowest BCUT2D eigenvalue weighted by Crippen LogP contribution is -2.04. The van der Waals surface area contributed by atoms with Crippen molar-refractivity contribution in [2.45, 2.75) is 0 Å². The summed E-state index contributed by atoms with van der Waals surface area (Å²) < 4.78 is 11.0. The van der Waals surface area contributed by atoms with Gasteiger partial charge in [-0.2, -0.15) is 5.26 Å². The van der Waals surface area contributed by atoms with Crippen molar-refractivity contribution in [3.05, 3.63) is 94.7 Å². The van der Waals surface area contributed by atoms with Crippen LogP contribution in [0.3, 0.4) is 0 Å². The van der Waals surface area contributed by atoms with Gasteiger partial charge in [0.15, 0.2) is 17.3 Å². The summed E-state index contributed by atoms with van der Waals surface area (Å²) in [4.78, 5) is 18.2. The quantitative estimate of drug-likeness (QED) is 0.399. The van der Waals surface area contributed by atoms with Crippen molar-refractivity contribution in [1.82, 2.24) is 4.98 Å². The van der Waals surface area contributed by atoms with Gasteiger partial charge in [-0.3, -0.25) is 4.79 Å². The van der Waals surface area contributed by atoms with Gasteiger partial charge in [0, 0.05) is 16.7 Å². The third-order valence-electron chi connectivity index (χ3n) is 5.98. The van der Waals surface area contributed by atoms with E-state index in [4.69, 9.17) is 14.5 Å². The second kappa shape index (κ2) is 7.61. The van der Waals surface area contributed by atoms with Crippen LogP contribution in [0.25, 0.3) is 34.5 Å². The number of nitrogens with zero attached hydrogens (tertiary/aromatic N) is 2. The van der Waals surface area contributed by atoms with E-state index in [1.54, 1.807) is 48.5 Å².